The minimum absolute atomic E-state index is 0.319. The Balaban J connectivity index is 1.59. The summed E-state index contributed by atoms with van der Waals surface area (Å²) in [6.45, 7) is 1.99. The summed E-state index contributed by atoms with van der Waals surface area (Å²) in [5, 5.41) is 14.0. The molecule has 1 fully saturated rings. The zero-order valence-corrected chi connectivity index (χ0v) is 15.0. The standard InChI is InChI=1S/C18H20N4O2S/c1-12-7-8-15-13(10-17(23)24-16(15)9-12)11-25-18-19-20-21-22(18)14-5-3-2-4-6-14/h7-10,14H,2-6,11H2,1H3. The molecule has 130 valence electrons. The number of aryl methyl sites for hydroxylation is 1. The summed E-state index contributed by atoms with van der Waals surface area (Å²) in [5.74, 6) is 0.637. The predicted octanol–water partition coefficient (Wildman–Crippen LogP) is 3.89. The number of tetrazole rings is 1. The van der Waals surface area contributed by atoms with Crippen molar-refractivity contribution >= 4 is 22.7 Å². The van der Waals surface area contributed by atoms with Gasteiger partial charge in [0.05, 0.1) is 6.04 Å². The first-order valence-corrected chi connectivity index (χ1v) is 9.63. The first kappa shape index (κ1) is 16.3. The van der Waals surface area contributed by atoms with Gasteiger partial charge in [-0.1, -0.05) is 43.2 Å². The maximum Gasteiger partial charge on any atom is 0.336 e. The normalized spacial score (nSPS) is 15.7. The molecule has 1 aliphatic rings. The van der Waals surface area contributed by atoms with Crippen LogP contribution in [0.2, 0.25) is 0 Å². The van der Waals surface area contributed by atoms with Crippen molar-refractivity contribution in [2.45, 2.75) is 56.0 Å². The Hall–Kier alpha value is -2.15. The van der Waals surface area contributed by atoms with Crippen LogP contribution in [0.5, 0.6) is 0 Å². The molecule has 4 rings (SSSR count). The van der Waals surface area contributed by atoms with Crippen LogP contribution in [-0.4, -0.2) is 20.2 Å². The Morgan fingerprint density at radius 3 is 2.92 bits per heavy atom. The Labute approximate surface area is 149 Å². The molecule has 0 bridgehead atoms. The molecule has 0 aliphatic heterocycles. The molecule has 0 N–H and O–H groups in total. The molecule has 3 aromatic rings. The van der Waals surface area contributed by atoms with E-state index in [4.69, 9.17) is 4.42 Å². The number of rotatable bonds is 4. The van der Waals surface area contributed by atoms with Crippen LogP contribution < -0.4 is 5.63 Å². The lowest BCUT2D eigenvalue weighted by molar-refractivity contribution is 0.307. The fraction of sp³-hybridized carbons (Fsp3) is 0.444. The van der Waals surface area contributed by atoms with Crippen molar-refractivity contribution in [1.29, 1.82) is 0 Å². The van der Waals surface area contributed by atoms with E-state index in [9.17, 15) is 4.79 Å². The third-order valence-electron chi connectivity index (χ3n) is 4.73. The second-order valence-corrected chi connectivity index (χ2v) is 7.52. The van der Waals surface area contributed by atoms with Gasteiger partial charge in [-0.25, -0.2) is 9.48 Å². The second-order valence-electron chi connectivity index (χ2n) is 6.58. The highest BCUT2D eigenvalue weighted by Crippen LogP contribution is 2.32. The minimum atomic E-state index is -0.319. The number of hydrogen-bond donors (Lipinski definition) is 0. The Morgan fingerprint density at radius 1 is 1.24 bits per heavy atom. The molecule has 0 amide bonds. The highest BCUT2D eigenvalue weighted by atomic mass is 32.2. The van der Waals surface area contributed by atoms with Crippen molar-refractivity contribution in [3.63, 3.8) is 0 Å². The van der Waals surface area contributed by atoms with E-state index in [0.717, 1.165) is 34.5 Å². The first-order valence-electron chi connectivity index (χ1n) is 8.65. The summed E-state index contributed by atoms with van der Waals surface area (Å²) in [7, 11) is 0. The van der Waals surface area contributed by atoms with E-state index in [1.165, 1.54) is 19.3 Å². The average molecular weight is 356 g/mol. The van der Waals surface area contributed by atoms with E-state index < -0.39 is 0 Å². The van der Waals surface area contributed by atoms with E-state index in [1.807, 2.05) is 29.8 Å². The number of thioether (sulfide) groups is 1. The Bertz CT molecular complexity index is 944. The van der Waals surface area contributed by atoms with Gasteiger partial charge in [-0.05, 0) is 47.4 Å². The minimum Gasteiger partial charge on any atom is -0.423 e. The molecular weight excluding hydrogens is 336 g/mol. The molecule has 0 radical (unpaired) electrons. The smallest absolute Gasteiger partial charge is 0.336 e. The maximum absolute atomic E-state index is 11.9. The molecule has 7 heteroatoms. The first-order chi connectivity index (χ1) is 12.2. The van der Waals surface area contributed by atoms with Gasteiger partial charge < -0.3 is 4.42 Å². The van der Waals surface area contributed by atoms with Gasteiger partial charge in [0.15, 0.2) is 0 Å². The molecule has 0 atom stereocenters. The molecule has 0 spiro atoms. The summed E-state index contributed by atoms with van der Waals surface area (Å²) in [6.07, 6.45) is 6.04. The van der Waals surface area contributed by atoms with Crippen LogP contribution in [0, 0.1) is 6.92 Å². The molecule has 0 unspecified atom stereocenters. The summed E-state index contributed by atoms with van der Waals surface area (Å²) >= 11 is 1.57. The van der Waals surface area contributed by atoms with Crippen LogP contribution in [0.15, 0.2) is 38.6 Å². The molecule has 2 aromatic heterocycles. The fourth-order valence-electron chi connectivity index (χ4n) is 3.43. The van der Waals surface area contributed by atoms with Crippen molar-refractivity contribution in [1.82, 2.24) is 20.2 Å². The highest BCUT2D eigenvalue weighted by Gasteiger charge is 2.20. The Morgan fingerprint density at radius 2 is 2.08 bits per heavy atom. The van der Waals surface area contributed by atoms with Crippen LogP contribution in [0.4, 0.5) is 0 Å². The van der Waals surface area contributed by atoms with Crippen molar-refractivity contribution < 1.29 is 4.42 Å². The van der Waals surface area contributed by atoms with Gasteiger partial charge in [-0.3, -0.25) is 0 Å². The third-order valence-corrected chi connectivity index (χ3v) is 5.71. The van der Waals surface area contributed by atoms with Gasteiger partial charge in [-0.2, -0.15) is 0 Å². The van der Waals surface area contributed by atoms with Gasteiger partial charge in [0.1, 0.15) is 5.58 Å². The highest BCUT2D eigenvalue weighted by molar-refractivity contribution is 7.98. The number of aromatic nitrogens is 4. The lowest BCUT2D eigenvalue weighted by Crippen LogP contribution is -2.15. The predicted molar refractivity (Wildman–Crippen MR) is 96.7 cm³/mol. The summed E-state index contributed by atoms with van der Waals surface area (Å²) < 4.78 is 7.29. The summed E-state index contributed by atoms with van der Waals surface area (Å²) in [5.41, 5.74) is 2.34. The number of nitrogens with zero attached hydrogens (tertiary/aromatic N) is 4. The van der Waals surface area contributed by atoms with Gasteiger partial charge >= 0.3 is 5.63 Å². The van der Waals surface area contributed by atoms with Crippen molar-refractivity contribution in [2.75, 3.05) is 0 Å². The van der Waals surface area contributed by atoms with Gasteiger partial charge in [-0.15, -0.1) is 5.10 Å². The van der Waals surface area contributed by atoms with Crippen molar-refractivity contribution in [3.05, 3.63) is 45.8 Å². The number of benzene rings is 1. The topological polar surface area (TPSA) is 73.8 Å². The van der Waals surface area contributed by atoms with Crippen LogP contribution in [0.1, 0.15) is 49.3 Å². The molecule has 0 saturated heterocycles. The quantitative estimate of drug-likeness (QED) is 0.522. The average Bonchev–Trinajstić information content (AvgIpc) is 3.08. The summed E-state index contributed by atoms with van der Waals surface area (Å²) in [4.78, 5) is 11.9. The Kier molecular flexibility index (Phi) is 4.57. The fourth-order valence-corrected chi connectivity index (χ4v) is 4.37. The molecule has 6 nitrogen and oxygen atoms in total. The van der Waals surface area contributed by atoms with Gasteiger partial charge in [0, 0.05) is 17.2 Å². The zero-order chi connectivity index (χ0) is 17.2. The van der Waals surface area contributed by atoms with Gasteiger partial charge in [0.25, 0.3) is 0 Å². The molecular formula is C18H20N4O2S. The zero-order valence-electron chi connectivity index (χ0n) is 14.1. The van der Waals surface area contributed by atoms with Crippen LogP contribution >= 0.6 is 11.8 Å². The van der Waals surface area contributed by atoms with E-state index >= 15 is 0 Å². The number of hydrogen-bond acceptors (Lipinski definition) is 6. The largest absolute Gasteiger partial charge is 0.423 e. The monoisotopic (exact) mass is 356 g/mol. The molecule has 1 saturated carbocycles. The van der Waals surface area contributed by atoms with E-state index in [-0.39, 0.29) is 5.63 Å². The van der Waals surface area contributed by atoms with Crippen LogP contribution in [0.25, 0.3) is 11.0 Å². The lowest BCUT2D eigenvalue weighted by Gasteiger charge is -2.22. The molecule has 25 heavy (non-hydrogen) atoms. The molecule has 1 aromatic carbocycles. The third kappa shape index (κ3) is 3.46. The molecule has 2 heterocycles. The van der Waals surface area contributed by atoms with Crippen molar-refractivity contribution in [3.8, 4) is 0 Å². The summed E-state index contributed by atoms with van der Waals surface area (Å²) in [6, 6.07) is 7.90. The van der Waals surface area contributed by atoms with E-state index in [2.05, 4.69) is 15.5 Å². The van der Waals surface area contributed by atoms with Crippen molar-refractivity contribution in [2.24, 2.45) is 0 Å². The van der Waals surface area contributed by atoms with E-state index in [1.54, 1.807) is 17.8 Å². The lowest BCUT2D eigenvalue weighted by atomic mass is 9.96. The van der Waals surface area contributed by atoms with Crippen LogP contribution in [0.3, 0.4) is 0 Å². The van der Waals surface area contributed by atoms with E-state index in [0.29, 0.717) is 17.4 Å². The van der Waals surface area contributed by atoms with Gasteiger partial charge in [0.2, 0.25) is 5.16 Å². The SMILES string of the molecule is Cc1ccc2c(CSc3nnnn3C3CCCCC3)cc(=O)oc2c1. The van der Waals surface area contributed by atoms with Crippen LogP contribution in [-0.2, 0) is 5.75 Å². The second kappa shape index (κ2) is 7.00. The maximum atomic E-state index is 11.9. The number of fused-ring (bicyclic) bond motifs is 1. The molecule has 1 aliphatic carbocycles.